The molecule has 3 aromatic heterocycles. The molecule has 14 heteroatoms. The average molecular weight is 555 g/mol. The molecule has 4 heterocycles. The second kappa shape index (κ2) is 11.4. The lowest BCUT2D eigenvalue weighted by atomic mass is 9.93. The first-order chi connectivity index (χ1) is 18.8. The number of nitriles is 1. The van der Waals surface area contributed by atoms with Crippen molar-refractivity contribution in [2.75, 3.05) is 54.6 Å². The Morgan fingerprint density at radius 1 is 1.08 bits per heavy atom. The molecule has 39 heavy (non-hydrogen) atoms. The number of ether oxygens (including phenoxy) is 3. The quantitative estimate of drug-likeness (QED) is 0.418. The van der Waals surface area contributed by atoms with Crippen LogP contribution in [0, 0.1) is 11.3 Å². The maximum Gasteiger partial charge on any atom is 0.236 e. The van der Waals surface area contributed by atoms with Gasteiger partial charge in [0.05, 0.1) is 55.6 Å². The highest BCUT2D eigenvalue weighted by atomic mass is 32.2. The SMILES string of the molecule is COc1nc(NC2CCC(Oc3nc(N4CCOCC4)cc4ncc(NS(C)(=O)=O)cc34)CC2)ncc1C#N. The van der Waals surface area contributed by atoms with Crippen molar-refractivity contribution in [3.8, 4) is 17.8 Å². The Morgan fingerprint density at radius 2 is 1.85 bits per heavy atom. The summed E-state index contributed by atoms with van der Waals surface area (Å²) in [4.78, 5) is 20.0. The van der Waals surface area contributed by atoms with Gasteiger partial charge in [-0.05, 0) is 31.7 Å². The zero-order chi connectivity index (χ0) is 27.4. The Kier molecular flexibility index (Phi) is 7.80. The van der Waals surface area contributed by atoms with Gasteiger partial charge in [-0.3, -0.25) is 9.71 Å². The topological polar surface area (TPSA) is 164 Å². The van der Waals surface area contributed by atoms with Crippen molar-refractivity contribution in [3.63, 3.8) is 0 Å². The molecule has 0 unspecified atom stereocenters. The predicted molar refractivity (Wildman–Crippen MR) is 145 cm³/mol. The first-order valence-electron chi connectivity index (χ1n) is 12.7. The van der Waals surface area contributed by atoms with Gasteiger partial charge in [-0.25, -0.2) is 13.4 Å². The second-order valence-electron chi connectivity index (χ2n) is 9.51. The summed E-state index contributed by atoms with van der Waals surface area (Å²) in [6.07, 6.45) is 7.12. The molecule has 0 radical (unpaired) electrons. The van der Waals surface area contributed by atoms with Gasteiger partial charge < -0.3 is 24.4 Å². The number of fused-ring (bicyclic) bond motifs is 1. The lowest BCUT2D eigenvalue weighted by Crippen LogP contribution is -2.37. The third kappa shape index (κ3) is 6.55. The summed E-state index contributed by atoms with van der Waals surface area (Å²) in [5, 5.41) is 13.1. The summed E-state index contributed by atoms with van der Waals surface area (Å²) in [6.45, 7) is 2.66. The maximum absolute atomic E-state index is 11.8. The van der Waals surface area contributed by atoms with Crippen molar-refractivity contribution in [1.82, 2.24) is 19.9 Å². The Morgan fingerprint density at radius 3 is 2.54 bits per heavy atom. The Labute approximate surface area is 226 Å². The van der Waals surface area contributed by atoms with Crippen molar-refractivity contribution < 1.29 is 22.6 Å². The van der Waals surface area contributed by atoms with E-state index >= 15 is 0 Å². The van der Waals surface area contributed by atoms with E-state index in [1.54, 1.807) is 6.07 Å². The zero-order valence-electron chi connectivity index (χ0n) is 21.8. The molecule has 1 aliphatic heterocycles. The van der Waals surface area contributed by atoms with E-state index in [0.717, 1.165) is 37.8 Å². The fourth-order valence-corrected chi connectivity index (χ4v) is 5.27. The van der Waals surface area contributed by atoms with Gasteiger partial charge in [0.1, 0.15) is 23.6 Å². The van der Waals surface area contributed by atoms with Gasteiger partial charge in [0.2, 0.25) is 27.7 Å². The maximum atomic E-state index is 11.8. The molecule has 3 aromatic rings. The minimum Gasteiger partial charge on any atom is -0.480 e. The van der Waals surface area contributed by atoms with Crippen LogP contribution in [0.15, 0.2) is 24.5 Å². The summed E-state index contributed by atoms with van der Waals surface area (Å²) < 4.78 is 43.2. The van der Waals surface area contributed by atoms with E-state index in [1.165, 1.54) is 19.5 Å². The molecule has 1 saturated carbocycles. The molecule has 0 bridgehead atoms. The van der Waals surface area contributed by atoms with Gasteiger partial charge >= 0.3 is 0 Å². The third-order valence-corrected chi connectivity index (χ3v) is 7.23. The van der Waals surface area contributed by atoms with Crippen LogP contribution in [0.2, 0.25) is 0 Å². The number of morpholine rings is 1. The number of nitrogens with zero attached hydrogens (tertiary/aromatic N) is 6. The summed E-state index contributed by atoms with van der Waals surface area (Å²) in [5.41, 5.74) is 1.30. The molecular formula is C25H30N8O5S. The molecular weight excluding hydrogens is 524 g/mol. The van der Waals surface area contributed by atoms with E-state index in [2.05, 4.69) is 29.9 Å². The molecule has 2 aliphatic rings. The number of pyridine rings is 2. The van der Waals surface area contributed by atoms with Crippen molar-refractivity contribution >= 4 is 38.4 Å². The molecule has 0 amide bonds. The van der Waals surface area contributed by atoms with E-state index < -0.39 is 10.0 Å². The molecule has 1 aliphatic carbocycles. The van der Waals surface area contributed by atoms with Crippen LogP contribution < -0.4 is 24.4 Å². The van der Waals surface area contributed by atoms with E-state index in [1.807, 2.05) is 12.1 Å². The first-order valence-corrected chi connectivity index (χ1v) is 14.6. The van der Waals surface area contributed by atoms with Crippen molar-refractivity contribution in [2.45, 2.75) is 37.8 Å². The number of hydrogen-bond donors (Lipinski definition) is 2. The van der Waals surface area contributed by atoms with Crippen LogP contribution in [-0.4, -0.2) is 80.2 Å². The normalized spacial score (nSPS) is 19.8. The number of sulfonamides is 1. The largest absolute Gasteiger partial charge is 0.480 e. The molecule has 0 atom stereocenters. The van der Waals surface area contributed by atoms with Crippen molar-refractivity contribution in [1.29, 1.82) is 5.26 Å². The standard InChI is InChI=1S/C25H30N8O5S/c1-36-23-16(13-26)14-28-25(31-23)29-17-3-5-19(6-4-17)38-24-20-11-18(32-39(2,34)35)15-27-21(20)12-22(30-24)33-7-9-37-10-8-33/h11-12,14-15,17,19,32H,3-10H2,1-2H3,(H,28,29,31). The smallest absolute Gasteiger partial charge is 0.236 e. The number of rotatable bonds is 8. The zero-order valence-corrected chi connectivity index (χ0v) is 22.6. The fraction of sp³-hybridized carbons (Fsp3) is 0.480. The molecule has 2 N–H and O–H groups in total. The molecule has 0 aromatic carbocycles. The minimum absolute atomic E-state index is 0.0818. The van der Waals surface area contributed by atoms with E-state index in [-0.39, 0.29) is 23.6 Å². The van der Waals surface area contributed by atoms with Crippen LogP contribution in [0.4, 0.5) is 17.5 Å². The molecule has 5 rings (SSSR count). The number of anilines is 3. The lowest BCUT2D eigenvalue weighted by Gasteiger charge is -2.31. The van der Waals surface area contributed by atoms with Gasteiger partial charge in [0, 0.05) is 25.2 Å². The summed E-state index contributed by atoms with van der Waals surface area (Å²) >= 11 is 0. The highest BCUT2D eigenvalue weighted by Gasteiger charge is 2.25. The van der Waals surface area contributed by atoms with Crippen LogP contribution >= 0.6 is 0 Å². The Bertz CT molecular complexity index is 1480. The van der Waals surface area contributed by atoms with Crippen LogP contribution in [0.3, 0.4) is 0 Å². The molecule has 2 fully saturated rings. The van der Waals surface area contributed by atoms with Gasteiger partial charge in [0.25, 0.3) is 0 Å². The van der Waals surface area contributed by atoms with E-state index in [9.17, 15) is 8.42 Å². The number of methoxy groups -OCH3 is 1. The first kappa shape index (κ1) is 26.6. The molecule has 1 saturated heterocycles. The van der Waals surface area contributed by atoms with Gasteiger partial charge in [-0.1, -0.05) is 0 Å². The van der Waals surface area contributed by atoms with Crippen LogP contribution in [0.5, 0.6) is 11.8 Å². The van der Waals surface area contributed by atoms with Crippen molar-refractivity contribution in [2.24, 2.45) is 0 Å². The summed E-state index contributed by atoms with van der Waals surface area (Å²) in [6, 6.07) is 5.75. The number of nitrogens with one attached hydrogen (secondary N) is 2. The molecule has 0 spiro atoms. The number of hydrogen-bond acceptors (Lipinski definition) is 12. The Balaban J connectivity index is 1.33. The van der Waals surface area contributed by atoms with Crippen LogP contribution in [-0.2, 0) is 14.8 Å². The fourth-order valence-electron chi connectivity index (χ4n) is 4.73. The van der Waals surface area contributed by atoms with Gasteiger partial charge in [0.15, 0.2) is 0 Å². The minimum atomic E-state index is -3.47. The summed E-state index contributed by atoms with van der Waals surface area (Å²) in [7, 11) is -2.00. The lowest BCUT2D eigenvalue weighted by molar-refractivity contribution is 0.122. The molecule has 206 valence electrons. The average Bonchev–Trinajstić information content (AvgIpc) is 2.93. The van der Waals surface area contributed by atoms with Crippen LogP contribution in [0.1, 0.15) is 31.2 Å². The monoisotopic (exact) mass is 554 g/mol. The second-order valence-corrected chi connectivity index (χ2v) is 11.3. The van der Waals surface area contributed by atoms with Gasteiger partial charge in [-0.2, -0.15) is 15.2 Å². The Hall–Kier alpha value is -3.96. The van der Waals surface area contributed by atoms with Gasteiger partial charge in [-0.15, -0.1) is 0 Å². The highest BCUT2D eigenvalue weighted by molar-refractivity contribution is 7.92. The molecule has 13 nitrogen and oxygen atoms in total. The van der Waals surface area contributed by atoms with Crippen LogP contribution in [0.25, 0.3) is 10.9 Å². The van der Waals surface area contributed by atoms with Crippen molar-refractivity contribution in [3.05, 3.63) is 30.1 Å². The predicted octanol–water partition coefficient (Wildman–Crippen LogP) is 2.31. The van der Waals surface area contributed by atoms with E-state index in [4.69, 9.17) is 24.5 Å². The van der Waals surface area contributed by atoms with E-state index in [0.29, 0.717) is 54.7 Å². The third-order valence-electron chi connectivity index (χ3n) is 6.62. The highest BCUT2D eigenvalue weighted by Crippen LogP contribution is 2.33. The summed E-state index contributed by atoms with van der Waals surface area (Å²) in [5.74, 6) is 1.83. The number of aromatic nitrogens is 4.